The van der Waals surface area contributed by atoms with Gasteiger partial charge >= 0.3 is 5.97 Å². The highest BCUT2D eigenvalue weighted by molar-refractivity contribution is 5.88. The standard InChI is InChI=1S/C16H23N3O2/c1-21-15(20)13-5-4-12(17)14(18-13)19-10-8-16(9-11-19)6-2-3-7-16/h4-5H,2-3,6-11,17H2,1H3. The summed E-state index contributed by atoms with van der Waals surface area (Å²) in [5.41, 5.74) is 7.56. The van der Waals surface area contributed by atoms with Gasteiger partial charge in [-0.2, -0.15) is 0 Å². The van der Waals surface area contributed by atoms with Crippen molar-refractivity contribution in [3.63, 3.8) is 0 Å². The van der Waals surface area contributed by atoms with Crippen LogP contribution in [0.3, 0.4) is 0 Å². The fourth-order valence-electron chi connectivity index (χ4n) is 3.75. The summed E-state index contributed by atoms with van der Waals surface area (Å²) in [5, 5.41) is 0. The fraction of sp³-hybridized carbons (Fsp3) is 0.625. The summed E-state index contributed by atoms with van der Waals surface area (Å²) in [4.78, 5) is 18.2. The Morgan fingerprint density at radius 3 is 2.52 bits per heavy atom. The zero-order valence-electron chi connectivity index (χ0n) is 12.6. The molecule has 0 amide bonds. The van der Waals surface area contributed by atoms with Gasteiger partial charge in [0, 0.05) is 13.1 Å². The van der Waals surface area contributed by atoms with Gasteiger partial charge in [0.15, 0.2) is 11.5 Å². The van der Waals surface area contributed by atoms with E-state index in [9.17, 15) is 4.79 Å². The largest absolute Gasteiger partial charge is 0.464 e. The minimum absolute atomic E-state index is 0.322. The van der Waals surface area contributed by atoms with Gasteiger partial charge in [-0.3, -0.25) is 0 Å². The molecule has 3 rings (SSSR count). The Morgan fingerprint density at radius 1 is 1.24 bits per heavy atom. The quantitative estimate of drug-likeness (QED) is 0.848. The molecular weight excluding hydrogens is 266 g/mol. The van der Waals surface area contributed by atoms with Crippen LogP contribution in [0, 0.1) is 5.41 Å². The molecule has 1 saturated carbocycles. The second kappa shape index (κ2) is 5.54. The van der Waals surface area contributed by atoms with E-state index in [1.807, 2.05) is 0 Å². The molecule has 21 heavy (non-hydrogen) atoms. The number of carbonyl (C=O) groups excluding carboxylic acids is 1. The lowest BCUT2D eigenvalue weighted by Gasteiger charge is -2.40. The van der Waals surface area contributed by atoms with Crippen molar-refractivity contribution in [1.82, 2.24) is 4.98 Å². The lowest BCUT2D eigenvalue weighted by molar-refractivity contribution is 0.0594. The fourth-order valence-corrected chi connectivity index (χ4v) is 3.75. The molecule has 2 heterocycles. The molecule has 2 aliphatic rings. The van der Waals surface area contributed by atoms with Gasteiger partial charge in [-0.25, -0.2) is 9.78 Å². The predicted molar refractivity (Wildman–Crippen MR) is 82.3 cm³/mol. The smallest absolute Gasteiger partial charge is 0.356 e. The third-order valence-corrected chi connectivity index (χ3v) is 5.09. The molecule has 0 radical (unpaired) electrons. The molecule has 0 aromatic carbocycles. The van der Waals surface area contributed by atoms with Crippen LogP contribution >= 0.6 is 0 Å². The van der Waals surface area contributed by atoms with E-state index < -0.39 is 5.97 Å². The van der Waals surface area contributed by atoms with Crippen molar-refractivity contribution < 1.29 is 9.53 Å². The lowest BCUT2D eigenvalue weighted by Crippen LogP contribution is -2.39. The Morgan fingerprint density at radius 2 is 1.90 bits per heavy atom. The summed E-state index contributed by atoms with van der Waals surface area (Å²) in [6, 6.07) is 3.36. The highest BCUT2D eigenvalue weighted by Crippen LogP contribution is 2.46. The summed E-state index contributed by atoms with van der Waals surface area (Å²) < 4.78 is 4.73. The van der Waals surface area contributed by atoms with Crippen LogP contribution in [-0.2, 0) is 4.74 Å². The molecular formula is C16H23N3O2. The number of nitrogens with zero attached hydrogens (tertiary/aromatic N) is 2. The molecule has 1 spiro atoms. The number of nitrogen functional groups attached to an aromatic ring is 1. The second-order valence-corrected chi connectivity index (χ2v) is 6.30. The summed E-state index contributed by atoms with van der Waals surface area (Å²) in [5.74, 6) is 0.311. The molecule has 1 aromatic heterocycles. The van der Waals surface area contributed by atoms with Gasteiger partial charge in [0.1, 0.15) is 0 Å². The molecule has 2 N–H and O–H groups in total. The van der Waals surface area contributed by atoms with E-state index in [-0.39, 0.29) is 0 Å². The molecule has 2 fully saturated rings. The molecule has 0 bridgehead atoms. The molecule has 5 nitrogen and oxygen atoms in total. The third kappa shape index (κ3) is 2.69. The Kier molecular flexibility index (Phi) is 3.74. The average molecular weight is 289 g/mol. The van der Waals surface area contributed by atoms with Gasteiger partial charge in [-0.15, -0.1) is 0 Å². The number of ether oxygens (including phenoxy) is 1. The van der Waals surface area contributed by atoms with Crippen LogP contribution in [0.5, 0.6) is 0 Å². The number of hydrogen-bond donors (Lipinski definition) is 1. The number of anilines is 2. The van der Waals surface area contributed by atoms with Crippen molar-refractivity contribution in [2.45, 2.75) is 38.5 Å². The van der Waals surface area contributed by atoms with Crippen molar-refractivity contribution in [3.05, 3.63) is 17.8 Å². The Hall–Kier alpha value is -1.78. The maximum atomic E-state index is 11.6. The Bertz CT molecular complexity index is 528. The first-order valence-electron chi connectivity index (χ1n) is 7.73. The van der Waals surface area contributed by atoms with E-state index in [1.54, 1.807) is 12.1 Å². The van der Waals surface area contributed by atoms with Crippen molar-refractivity contribution in [1.29, 1.82) is 0 Å². The minimum Gasteiger partial charge on any atom is -0.464 e. The number of rotatable bonds is 2. The van der Waals surface area contributed by atoms with Crippen molar-refractivity contribution >= 4 is 17.5 Å². The van der Waals surface area contributed by atoms with Crippen LogP contribution in [0.2, 0.25) is 0 Å². The summed E-state index contributed by atoms with van der Waals surface area (Å²) in [6.07, 6.45) is 7.89. The molecule has 0 atom stereocenters. The van der Waals surface area contributed by atoms with Crippen molar-refractivity contribution in [3.8, 4) is 0 Å². The van der Waals surface area contributed by atoms with Crippen LogP contribution in [0.4, 0.5) is 11.5 Å². The van der Waals surface area contributed by atoms with Gasteiger partial charge < -0.3 is 15.4 Å². The number of piperidine rings is 1. The first-order chi connectivity index (χ1) is 10.1. The van der Waals surface area contributed by atoms with Gasteiger partial charge in [0.25, 0.3) is 0 Å². The van der Waals surface area contributed by atoms with E-state index in [2.05, 4.69) is 9.88 Å². The molecule has 1 aliphatic carbocycles. The molecule has 1 aromatic rings. The highest BCUT2D eigenvalue weighted by atomic mass is 16.5. The molecule has 1 saturated heterocycles. The van der Waals surface area contributed by atoms with Gasteiger partial charge in [-0.1, -0.05) is 12.8 Å². The molecule has 5 heteroatoms. The van der Waals surface area contributed by atoms with Crippen LogP contribution in [0.25, 0.3) is 0 Å². The SMILES string of the molecule is COC(=O)c1ccc(N)c(N2CCC3(CCCC3)CC2)n1. The van der Waals surface area contributed by atoms with Gasteiger partial charge in [0.05, 0.1) is 12.8 Å². The van der Waals surface area contributed by atoms with Gasteiger partial charge in [-0.05, 0) is 43.2 Å². The van der Waals surface area contributed by atoms with E-state index >= 15 is 0 Å². The number of hydrogen-bond acceptors (Lipinski definition) is 5. The number of methoxy groups -OCH3 is 1. The summed E-state index contributed by atoms with van der Waals surface area (Å²) in [7, 11) is 1.37. The second-order valence-electron chi connectivity index (χ2n) is 6.30. The summed E-state index contributed by atoms with van der Waals surface area (Å²) >= 11 is 0. The average Bonchev–Trinajstić information content (AvgIpc) is 2.96. The Balaban J connectivity index is 1.76. The number of carbonyl (C=O) groups is 1. The normalized spacial score (nSPS) is 20.7. The number of aromatic nitrogens is 1. The van der Waals surface area contributed by atoms with E-state index in [0.717, 1.165) is 18.9 Å². The van der Waals surface area contributed by atoms with Crippen molar-refractivity contribution in [2.75, 3.05) is 30.8 Å². The van der Waals surface area contributed by atoms with Crippen LogP contribution in [0.1, 0.15) is 49.0 Å². The van der Waals surface area contributed by atoms with E-state index in [1.165, 1.54) is 45.6 Å². The molecule has 114 valence electrons. The van der Waals surface area contributed by atoms with E-state index in [4.69, 9.17) is 10.5 Å². The zero-order valence-corrected chi connectivity index (χ0v) is 12.6. The topological polar surface area (TPSA) is 68.5 Å². The number of pyridine rings is 1. The van der Waals surface area contributed by atoms with E-state index in [0.29, 0.717) is 16.8 Å². The van der Waals surface area contributed by atoms with Crippen molar-refractivity contribution in [2.24, 2.45) is 5.41 Å². The van der Waals surface area contributed by atoms with Crippen LogP contribution in [-0.4, -0.2) is 31.2 Å². The Labute approximate surface area is 125 Å². The van der Waals surface area contributed by atoms with Crippen LogP contribution in [0.15, 0.2) is 12.1 Å². The maximum absolute atomic E-state index is 11.6. The van der Waals surface area contributed by atoms with Gasteiger partial charge in [0.2, 0.25) is 0 Å². The monoisotopic (exact) mass is 289 g/mol. The first-order valence-corrected chi connectivity index (χ1v) is 7.73. The number of nitrogens with two attached hydrogens (primary N) is 1. The number of esters is 1. The van der Waals surface area contributed by atoms with Crippen LogP contribution < -0.4 is 10.6 Å². The zero-order chi connectivity index (χ0) is 14.9. The predicted octanol–water partition coefficient (Wildman–Crippen LogP) is 2.61. The molecule has 0 unspecified atom stereocenters. The summed E-state index contributed by atoms with van der Waals surface area (Å²) in [6.45, 7) is 1.95. The highest BCUT2D eigenvalue weighted by Gasteiger charge is 2.37. The maximum Gasteiger partial charge on any atom is 0.356 e. The molecule has 1 aliphatic heterocycles. The minimum atomic E-state index is -0.416. The first kappa shape index (κ1) is 14.2. The third-order valence-electron chi connectivity index (χ3n) is 5.09. The lowest BCUT2D eigenvalue weighted by atomic mass is 9.77.